The average molecular weight is 345 g/mol. The van der Waals surface area contributed by atoms with E-state index in [-0.39, 0.29) is 24.4 Å². The lowest BCUT2D eigenvalue weighted by Crippen LogP contribution is -2.58. The first-order valence-electron chi connectivity index (χ1n) is 6.28. The maximum atomic E-state index is 12.0. The molecule has 0 saturated carbocycles. The largest absolute Gasteiger partial charge is 0.345 e. The van der Waals surface area contributed by atoms with E-state index in [1.54, 1.807) is 16.2 Å². The van der Waals surface area contributed by atoms with E-state index < -0.39 is 0 Å². The van der Waals surface area contributed by atoms with Crippen LogP contribution in [0.5, 0.6) is 0 Å². The van der Waals surface area contributed by atoms with Crippen LogP contribution in [0, 0.1) is 5.92 Å². The Balaban J connectivity index is 2.16. The SMILES string of the molecule is CC(C)CC1C(=O)NCC(=O)N1Cc1ccc(Br)s1. The molecule has 2 rings (SSSR count). The van der Waals surface area contributed by atoms with Crippen LogP contribution in [0.2, 0.25) is 0 Å². The second kappa shape index (κ2) is 6.05. The third kappa shape index (κ3) is 3.57. The number of amides is 2. The summed E-state index contributed by atoms with van der Waals surface area (Å²) in [6.07, 6.45) is 0.699. The van der Waals surface area contributed by atoms with E-state index >= 15 is 0 Å². The summed E-state index contributed by atoms with van der Waals surface area (Å²) in [4.78, 5) is 26.8. The minimum atomic E-state index is -0.345. The molecular formula is C13H17BrN2O2S. The van der Waals surface area contributed by atoms with Crippen LogP contribution in [-0.2, 0) is 16.1 Å². The summed E-state index contributed by atoms with van der Waals surface area (Å²) in [5.74, 6) is 0.331. The van der Waals surface area contributed by atoms with E-state index in [1.165, 1.54) is 0 Å². The van der Waals surface area contributed by atoms with Crippen molar-refractivity contribution in [2.24, 2.45) is 5.92 Å². The number of thiophene rings is 1. The monoisotopic (exact) mass is 344 g/mol. The molecule has 1 aromatic heterocycles. The van der Waals surface area contributed by atoms with Gasteiger partial charge < -0.3 is 10.2 Å². The fraction of sp³-hybridized carbons (Fsp3) is 0.538. The van der Waals surface area contributed by atoms with Crippen LogP contribution in [0.3, 0.4) is 0 Å². The third-order valence-electron chi connectivity index (χ3n) is 3.06. The van der Waals surface area contributed by atoms with Gasteiger partial charge in [0, 0.05) is 4.88 Å². The number of carbonyl (C=O) groups excluding carboxylic acids is 2. The van der Waals surface area contributed by atoms with Crippen molar-refractivity contribution >= 4 is 39.1 Å². The molecule has 2 amide bonds. The molecule has 4 nitrogen and oxygen atoms in total. The highest BCUT2D eigenvalue weighted by atomic mass is 79.9. The molecule has 1 unspecified atom stereocenters. The van der Waals surface area contributed by atoms with Gasteiger partial charge in [-0.2, -0.15) is 0 Å². The number of nitrogens with one attached hydrogen (secondary N) is 1. The lowest BCUT2D eigenvalue weighted by atomic mass is 10.00. The first-order chi connectivity index (χ1) is 8.97. The van der Waals surface area contributed by atoms with Gasteiger partial charge in [-0.3, -0.25) is 9.59 Å². The maximum Gasteiger partial charge on any atom is 0.243 e. The quantitative estimate of drug-likeness (QED) is 0.911. The number of hydrogen-bond donors (Lipinski definition) is 1. The molecule has 1 aliphatic heterocycles. The minimum Gasteiger partial charge on any atom is -0.345 e. The second-order valence-corrected chi connectivity index (χ2v) is 7.64. The van der Waals surface area contributed by atoms with Crippen LogP contribution in [0.15, 0.2) is 15.9 Å². The Morgan fingerprint density at radius 1 is 1.47 bits per heavy atom. The average Bonchev–Trinajstić information content (AvgIpc) is 2.74. The molecule has 1 fully saturated rings. The number of piperazine rings is 1. The fourth-order valence-corrected chi connectivity index (χ4v) is 3.66. The van der Waals surface area contributed by atoms with Crippen LogP contribution in [0.4, 0.5) is 0 Å². The highest BCUT2D eigenvalue weighted by Gasteiger charge is 2.34. The van der Waals surface area contributed by atoms with E-state index in [1.807, 2.05) is 12.1 Å². The van der Waals surface area contributed by atoms with Crippen molar-refractivity contribution in [1.82, 2.24) is 10.2 Å². The van der Waals surface area contributed by atoms with E-state index in [0.29, 0.717) is 18.9 Å². The molecule has 104 valence electrons. The molecule has 1 aromatic rings. The summed E-state index contributed by atoms with van der Waals surface area (Å²) in [6.45, 7) is 4.75. The second-order valence-electron chi connectivity index (χ2n) is 5.09. The Morgan fingerprint density at radius 3 is 2.79 bits per heavy atom. The summed E-state index contributed by atoms with van der Waals surface area (Å²) >= 11 is 5.01. The molecule has 6 heteroatoms. The molecule has 1 aliphatic rings. The van der Waals surface area contributed by atoms with Crippen molar-refractivity contribution in [1.29, 1.82) is 0 Å². The highest BCUT2D eigenvalue weighted by molar-refractivity contribution is 9.11. The van der Waals surface area contributed by atoms with Crippen molar-refractivity contribution in [3.8, 4) is 0 Å². The molecule has 19 heavy (non-hydrogen) atoms. The molecule has 1 saturated heterocycles. The van der Waals surface area contributed by atoms with E-state index in [4.69, 9.17) is 0 Å². The van der Waals surface area contributed by atoms with Crippen LogP contribution in [0.1, 0.15) is 25.1 Å². The zero-order chi connectivity index (χ0) is 14.0. The van der Waals surface area contributed by atoms with Crippen molar-refractivity contribution < 1.29 is 9.59 Å². The summed E-state index contributed by atoms with van der Waals surface area (Å²) in [6, 6.07) is 3.61. The Morgan fingerprint density at radius 2 is 2.21 bits per heavy atom. The number of hydrogen-bond acceptors (Lipinski definition) is 3. The molecule has 1 atom stereocenters. The van der Waals surface area contributed by atoms with Gasteiger partial charge in [-0.05, 0) is 40.4 Å². The molecule has 0 bridgehead atoms. The zero-order valence-electron chi connectivity index (χ0n) is 11.0. The normalized spacial score (nSPS) is 20.0. The van der Waals surface area contributed by atoms with Gasteiger partial charge in [-0.15, -0.1) is 11.3 Å². The van der Waals surface area contributed by atoms with Crippen molar-refractivity contribution in [2.75, 3.05) is 6.54 Å². The first-order valence-corrected chi connectivity index (χ1v) is 7.89. The van der Waals surface area contributed by atoms with Crippen molar-refractivity contribution in [3.05, 3.63) is 20.8 Å². The predicted octanol–water partition coefficient (Wildman–Crippen LogP) is 2.38. The number of rotatable bonds is 4. The standard InChI is InChI=1S/C13H17BrN2O2S/c1-8(2)5-10-13(18)15-6-12(17)16(10)7-9-3-4-11(14)19-9/h3-4,8,10H,5-7H2,1-2H3,(H,15,18). The van der Waals surface area contributed by atoms with Gasteiger partial charge in [-0.25, -0.2) is 0 Å². The number of nitrogens with zero attached hydrogens (tertiary/aromatic N) is 1. The predicted molar refractivity (Wildman–Crippen MR) is 78.8 cm³/mol. The van der Waals surface area contributed by atoms with Crippen LogP contribution in [0.25, 0.3) is 0 Å². The summed E-state index contributed by atoms with van der Waals surface area (Å²) in [5.41, 5.74) is 0. The molecule has 0 aliphatic carbocycles. The van der Waals surface area contributed by atoms with E-state index in [2.05, 4.69) is 35.1 Å². The molecule has 0 radical (unpaired) electrons. The Hall–Kier alpha value is -0.880. The van der Waals surface area contributed by atoms with Gasteiger partial charge in [-0.1, -0.05) is 13.8 Å². The number of halogens is 1. The van der Waals surface area contributed by atoms with Gasteiger partial charge in [0.2, 0.25) is 11.8 Å². The van der Waals surface area contributed by atoms with E-state index in [0.717, 1.165) is 8.66 Å². The summed E-state index contributed by atoms with van der Waals surface area (Å²) in [5, 5.41) is 2.67. The van der Waals surface area contributed by atoms with Gasteiger partial charge in [0.05, 0.1) is 16.9 Å². The van der Waals surface area contributed by atoms with Crippen LogP contribution >= 0.6 is 27.3 Å². The fourth-order valence-electron chi connectivity index (χ4n) is 2.18. The molecule has 0 spiro atoms. The minimum absolute atomic E-state index is 0.00484. The maximum absolute atomic E-state index is 12.0. The smallest absolute Gasteiger partial charge is 0.243 e. The van der Waals surface area contributed by atoms with Crippen molar-refractivity contribution in [3.63, 3.8) is 0 Å². The Bertz CT molecular complexity index is 487. The Labute approximate surface area is 125 Å². The lowest BCUT2D eigenvalue weighted by molar-refractivity contribution is -0.146. The van der Waals surface area contributed by atoms with Gasteiger partial charge >= 0.3 is 0 Å². The van der Waals surface area contributed by atoms with Gasteiger partial charge in [0.25, 0.3) is 0 Å². The Kier molecular flexibility index (Phi) is 4.62. The summed E-state index contributed by atoms with van der Waals surface area (Å²) in [7, 11) is 0. The molecule has 0 aromatic carbocycles. The van der Waals surface area contributed by atoms with Crippen LogP contribution < -0.4 is 5.32 Å². The van der Waals surface area contributed by atoms with Crippen molar-refractivity contribution in [2.45, 2.75) is 32.9 Å². The zero-order valence-corrected chi connectivity index (χ0v) is 13.4. The first kappa shape index (κ1) is 14.5. The molecular weight excluding hydrogens is 328 g/mol. The molecule has 1 N–H and O–H groups in total. The topological polar surface area (TPSA) is 49.4 Å². The summed E-state index contributed by atoms with van der Waals surface area (Å²) < 4.78 is 1.04. The van der Waals surface area contributed by atoms with Gasteiger partial charge in [0.1, 0.15) is 6.04 Å². The lowest BCUT2D eigenvalue weighted by Gasteiger charge is -2.35. The van der Waals surface area contributed by atoms with E-state index in [9.17, 15) is 9.59 Å². The van der Waals surface area contributed by atoms with Crippen LogP contribution in [-0.4, -0.2) is 29.3 Å². The third-order valence-corrected chi connectivity index (χ3v) is 4.67. The highest BCUT2D eigenvalue weighted by Crippen LogP contribution is 2.25. The number of carbonyl (C=O) groups is 2. The molecule has 2 heterocycles. The van der Waals surface area contributed by atoms with Gasteiger partial charge in [0.15, 0.2) is 0 Å².